The number of aliphatic hydroxyl groups is 1. The maximum atomic E-state index is 13.6. The normalized spacial score (nSPS) is 20.3. The quantitative estimate of drug-likeness (QED) is 0.883. The Labute approximate surface area is 153 Å². The van der Waals surface area contributed by atoms with Gasteiger partial charge >= 0.3 is 12.2 Å². The topological polar surface area (TPSA) is 78.8 Å². The van der Waals surface area contributed by atoms with Crippen molar-refractivity contribution in [2.45, 2.75) is 25.4 Å². The highest BCUT2D eigenvalue weighted by atomic mass is 19.4. The Hall–Kier alpha value is -2.88. The van der Waals surface area contributed by atoms with Gasteiger partial charge in [-0.1, -0.05) is 0 Å². The maximum absolute atomic E-state index is 13.6. The van der Waals surface area contributed by atoms with Crippen molar-refractivity contribution < 1.29 is 27.8 Å². The number of anilines is 1. The summed E-state index contributed by atoms with van der Waals surface area (Å²) < 4.78 is 45.8. The number of rotatable bonds is 3. The molecule has 2 aromatic rings. The van der Waals surface area contributed by atoms with Gasteiger partial charge in [-0.25, -0.2) is 19.7 Å². The molecular formula is C17H17F3N4O3. The number of likely N-dealkylation sites (N-methyl/N-ethyl adjacent to an activating group) is 1. The number of halogens is 3. The minimum atomic E-state index is -4.70. The van der Waals surface area contributed by atoms with Gasteiger partial charge < -0.3 is 14.7 Å². The molecule has 1 saturated heterocycles. The number of amides is 2. The molecule has 2 atom stereocenters. The molecule has 0 radical (unpaired) electrons. The molecule has 0 saturated carbocycles. The van der Waals surface area contributed by atoms with Gasteiger partial charge in [0.25, 0.3) is 0 Å². The highest BCUT2D eigenvalue weighted by Gasteiger charge is 2.43. The summed E-state index contributed by atoms with van der Waals surface area (Å²) in [4.78, 5) is 22.2. The van der Waals surface area contributed by atoms with Crippen molar-refractivity contribution in [1.29, 1.82) is 0 Å². The van der Waals surface area contributed by atoms with Crippen LogP contribution in [0.5, 0.6) is 5.88 Å². The average Bonchev–Trinajstić information content (AvgIpc) is 2.84. The van der Waals surface area contributed by atoms with E-state index < -0.39 is 30.0 Å². The summed E-state index contributed by atoms with van der Waals surface area (Å²) in [5.74, 6) is -0.0130. The molecule has 1 N–H and O–H groups in total. The first-order valence-corrected chi connectivity index (χ1v) is 7.97. The Morgan fingerprint density at radius 1 is 1.22 bits per heavy atom. The van der Waals surface area contributed by atoms with Crippen LogP contribution in [0.25, 0.3) is 11.1 Å². The number of carbonyl (C=O) groups is 1. The van der Waals surface area contributed by atoms with Gasteiger partial charge in [-0.2, -0.15) is 13.2 Å². The summed E-state index contributed by atoms with van der Waals surface area (Å²) in [6.07, 6.45) is -3.73. The first kappa shape index (κ1) is 18.9. The predicted molar refractivity (Wildman–Crippen MR) is 90.1 cm³/mol. The Balaban J connectivity index is 2.09. The van der Waals surface area contributed by atoms with E-state index in [0.29, 0.717) is 0 Å². The second-order valence-corrected chi connectivity index (χ2v) is 6.09. The molecule has 7 nitrogen and oxygen atoms in total. The number of nitrogens with zero attached hydrogens (tertiary/aromatic N) is 4. The van der Waals surface area contributed by atoms with Gasteiger partial charge in [0.05, 0.1) is 18.7 Å². The number of alkyl halides is 3. The summed E-state index contributed by atoms with van der Waals surface area (Å²) in [5.41, 5.74) is -0.980. The first-order chi connectivity index (χ1) is 12.6. The van der Waals surface area contributed by atoms with Crippen LogP contribution in [0.3, 0.4) is 0 Å². The van der Waals surface area contributed by atoms with Gasteiger partial charge in [0.1, 0.15) is 5.82 Å². The van der Waals surface area contributed by atoms with E-state index in [1.807, 2.05) is 0 Å². The Morgan fingerprint density at radius 2 is 1.93 bits per heavy atom. The Kier molecular flexibility index (Phi) is 4.68. The summed E-state index contributed by atoms with van der Waals surface area (Å²) in [6, 6.07) is 2.41. The van der Waals surface area contributed by atoms with E-state index in [1.165, 1.54) is 37.4 Å². The van der Waals surface area contributed by atoms with E-state index in [0.717, 1.165) is 17.2 Å². The van der Waals surface area contributed by atoms with Crippen molar-refractivity contribution in [2.75, 3.05) is 19.1 Å². The van der Waals surface area contributed by atoms with Gasteiger partial charge in [-0.15, -0.1) is 0 Å². The van der Waals surface area contributed by atoms with Gasteiger partial charge in [0.15, 0.2) is 6.23 Å². The zero-order valence-electron chi connectivity index (χ0n) is 14.7. The molecule has 0 spiro atoms. The van der Waals surface area contributed by atoms with E-state index in [1.54, 1.807) is 6.92 Å². The Morgan fingerprint density at radius 3 is 2.41 bits per heavy atom. The molecule has 144 valence electrons. The molecule has 1 fully saturated rings. The number of pyridine rings is 2. The molecule has 10 heteroatoms. The Bertz CT molecular complexity index is 857. The molecule has 0 aromatic carbocycles. The molecule has 2 amide bonds. The van der Waals surface area contributed by atoms with E-state index in [2.05, 4.69) is 9.97 Å². The predicted octanol–water partition coefficient (Wildman–Crippen LogP) is 2.75. The van der Waals surface area contributed by atoms with Crippen LogP contribution in [0.2, 0.25) is 0 Å². The van der Waals surface area contributed by atoms with E-state index in [9.17, 15) is 23.1 Å². The lowest BCUT2D eigenvalue weighted by molar-refractivity contribution is -0.137. The van der Waals surface area contributed by atoms with E-state index in [4.69, 9.17) is 4.74 Å². The summed E-state index contributed by atoms with van der Waals surface area (Å²) in [6.45, 7) is 1.59. The number of methoxy groups -OCH3 is 1. The zero-order chi connectivity index (χ0) is 19.9. The third-order valence-electron chi connectivity index (χ3n) is 4.51. The first-order valence-electron chi connectivity index (χ1n) is 7.97. The van der Waals surface area contributed by atoms with Crippen LogP contribution in [0, 0.1) is 0 Å². The summed E-state index contributed by atoms with van der Waals surface area (Å²) in [7, 11) is 2.86. The standard InChI is InChI=1S/C17H17F3N4O3/c1-9-15(25)24(16(26)23(9)2)13-6-12(17(18,19)20)11(8-21-13)10-4-5-14(27-3)22-7-10/h4-9,15,25H,1-3H3. The molecular weight excluding hydrogens is 365 g/mol. The van der Waals surface area contributed by atoms with Gasteiger partial charge in [-0.05, 0) is 19.1 Å². The highest BCUT2D eigenvalue weighted by Crippen LogP contribution is 2.39. The van der Waals surface area contributed by atoms with Crippen LogP contribution >= 0.6 is 0 Å². The number of carbonyl (C=O) groups excluding carboxylic acids is 1. The molecule has 0 bridgehead atoms. The third-order valence-corrected chi connectivity index (χ3v) is 4.51. The summed E-state index contributed by atoms with van der Waals surface area (Å²) >= 11 is 0. The van der Waals surface area contributed by atoms with Gasteiger partial charge in [0, 0.05) is 36.6 Å². The fourth-order valence-corrected chi connectivity index (χ4v) is 2.81. The van der Waals surface area contributed by atoms with Crippen LogP contribution in [0.15, 0.2) is 30.6 Å². The smallest absolute Gasteiger partial charge is 0.417 e. The molecule has 1 aliphatic heterocycles. The van der Waals surface area contributed by atoms with Gasteiger partial charge in [0.2, 0.25) is 5.88 Å². The van der Waals surface area contributed by atoms with Crippen LogP contribution < -0.4 is 9.64 Å². The molecule has 3 heterocycles. The van der Waals surface area contributed by atoms with Crippen LogP contribution in [-0.2, 0) is 6.18 Å². The van der Waals surface area contributed by atoms with Crippen LogP contribution in [0.4, 0.5) is 23.8 Å². The lowest BCUT2D eigenvalue weighted by atomic mass is 10.0. The fraction of sp³-hybridized carbons (Fsp3) is 0.353. The number of hydrogen-bond donors (Lipinski definition) is 1. The highest BCUT2D eigenvalue weighted by molar-refractivity contribution is 5.94. The number of aliphatic hydroxyl groups excluding tert-OH is 1. The largest absolute Gasteiger partial charge is 0.481 e. The average molecular weight is 382 g/mol. The van der Waals surface area contributed by atoms with Crippen LogP contribution in [-0.4, -0.2) is 52.4 Å². The number of aromatic nitrogens is 2. The molecule has 2 aromatic heterocycles. The molecule has 27 heavy (non-hydrogen) atoms. The minimum absolute atomic E-state index is 0.191. The SMILES string of the molecule is COc1ccc(-c2cnc(N3C(=O)N(C)C(C)C3O)cc2C(F)(F)F)cn1. The lowest BCUT2D eigenvalue weighted by Gasteiger charge is -2.21. The van der Waals surface area contributed by atoms with E-state index in [-0.39, 0.29) is 22.8 Å². The number of urea groups is 1. The molecule has 2 unspecified atom stereocenters. The maximum Gasteiger partial charge on any atom is 0.417 e. The molecule has 3 rings (SSSR count). The van der Waals surface area contributed by atoms with Crippen LogP contribution in [0.1, 0.15) is 12.5 Å². The monoisotopic (exact) mass is 382 g/mol. The molecule has 0 aliphatic carbocycles. The van der Waals surface area contributed by atoms with E-state index >= 15 is 0 Å². The summed E-state index contributed by atoms with van der Waals surface area (Å²) in [5, 5.41) is 10.2. The minimum Gasteiger partial charge on any atom is -0.481 e. The lowest BCUT2D eigenvalue weighted by Crippen LogP contribution is -2.36. The van der Waals surface area contributed by atoms with Crippen molar-refractivity contribution in [2.24, 2.45) is 0 Å². The zero-order valence-corrected chi connectivity index (χ0v) is 14.7. The number of ether oxygens (including phenoxy) is 1. The fourth-order valence-electron chi connectivity index (χ4n) is 2.81. The van der Waals surface area contributed by atoms with Crippen molar-refractivity contribution in [3.63, 3.8) is 0 Å². The third kappa shape index (κ3) is 3.27. The second kappa shape index (κ2) is 6.69. The van der Waals surface area contributed by atoms with Crippen molar-refractivity contribution in [1.82, 2.24) is 14.9 Å². The van der Waals surface area contributed by atoms with Gasteiger partial charge in [-0.3, -0.25) is 0 Å². The number of hydrogen-bond acceptors (Lipinski definition) is 5. The second-order valence-electron chi connectivity index (χ2n) is 6.09. The molecule has 1 aliphatic rings. The van der Waals surface area contributed by atoms with Crippen molar-refractivity contribution >= 4 is 11.8 Å². The van der Waals surface area contributed by atoms with Crippen molar-refractivity contribution in [3.05, 3.63) is 36.2 Å². The van der Waals surface area contributed by atoms with Crippen molar-refractivity contribution in [3.8, 4) is 17.0 Å².